The third-order valence-corrected chi connectivity index (χ3v) is 6.58. The number of hydrogen-bond acceptors (Lipinski definition) is 4. The minimum Gasteiger partial charge on any atom is -0.497 e. The van der Waals surface area contributed by atoms with E-state index in [-0.39, 0.29) is 11.2 Å². The van der Waals surface area contributed by atoms with E-state index in [2.05, 4.69) is 82.3 Å². The van der Waals surface area contributed by atoms with Crippen molar-refractivity contribution in [3.8, 4) is 5.75 Å². The molecule has 1 aliphatic heterocycles. The highest BCUT2D eigenvalue weighted by Gasteiger charge is 2.51. The topological polar surface area (TPSA) is 27.7 Å². The minimum absolute atomic E-state index is 0.369. The van der Waals surface area contributed by atoms with Gasteiger partial charge in [-0.25, -0.2) is 0 Å². The van der Waals surface area contributed by atoms with Crippen LogP contribution in [0.2, 0.25) is 0 Å². The fourth-order valence-electron chi connectivity index (χ4n) is 3.25. The first-order valence-electron chi connectivity index (χ1n) is 9.49. The van der Waals surface area contributed by atoms with Crippen LogP contribution >= 0.6 is 11.8 Å². The molecule has 3 aromatic rings. The summed E-state index contributed by atoms with van der Waals surface area (Å²) in [6.45, 7) is 8.27. The Morgan fingerprint density at radius 3 is 2.14 bits per heavy atom. The molecule has 3 nitrogen and oxygen atoms in total. The van der Waals surface area contributed by atoms with Gasteiger partial charge >= 0.3 is 7.12 Å². The molecule has 1 fully saturated rings. The van der Waals surface area contributed by atoms with Gasteiger partial charge in [0.25, 0.3) is 0 Å². The lowest BCUT2D eigenvalue weighted by molar-refractivity contribution is 0.00578. The SMILES string of the molecule is COc1cc(Sc2ccc3ccccc3c2)cc(B2OC(C)(C)C(C)(C)O2)c1. The molecule has 0 unspecified atom stereocenters. The van der Waals surface area contributed by atoms with E-state index < -0.39 is 7.12 Å². The molecule has 0 atom stereocenters. The van der Waals surface area contributed by atoms with Crippen molar-refractivity contribution >= 4 is 35.1 Å². The molecule has 0 saturated carbocycles. The molecule has 28 heavy (non-hydrogen) atoms. The zero-order chi connectivity index (χ0) is 19.9. The number of ether oxygens (including phenoxy) is 1. The average molecular weight is 392 g/mol. The molecule has 3 aromatic carbocycles. The molecule has 4 rings (SSSR count). The maximum absolute atomic E-state index is 6.23. The third kappa shape index (κ3) is 3.67. The number of methoxy groups -OCH3 is 1. The summed E-state index contributed by atoms with van der Waals surface area (Å²) in [6.07, 6.45) is 0. The molecule has 144 valence electrons. The molecule has 0 aliphatic carbocycles. The van der Waals surface area contributed by atoms with E-state index in [0.29, 0.717) is 0 Å². The van der Waals surface area contributed by atoms with E-state index in [9.17, 15) is 0 Å². The zero-order valence-corrected chi connectivity index (χ0v) is 17.8. The summed E-state index contributed by atoms with van der Waals surface area (Å²) in [5.74, 6) is 0.801. The maximum Gasteiger partial charge on any atom is 0.495 e. The summed E-state index contributed by atoms with van der Waals surface area (Å²) in [5.41, 5.74) is 0.236. The van der Waals surface area contributed by atoms with Gasteiger partial charge in [-0.15, -0.1) is 0 Å². The minimum atomic E-state index is -0.406. The molecule has 1 heterocycles. The van der Waals surface area contributed by atoms with Gasteiger partial charge in [0, 0.05) is 9.79 Å². The molecule has 0 bridgehead atoms. The molecule has 0 amide bonds. The highest BCUT2D eigenvalue weighted by molar-refractivity contribution is 7.99. The standard InChI is InChI=1S/C23H25BO3S/c1-22(2)23(3,4)27-24(26-22)18-13-19(25-5)15-21(14-18)28-20-11-10-16-8-6-7-9-17(16)12-20/h6-15H,1-5H3. The van der Waals surface area contributed by atoms with Gasteiger partial charge in [0.1, 0.15) is 5.75 Å². The van der Waals surface area contributed by atoms with Gasteiger partial charge < -0.3 is 14.0 Å². The van der Waals surface area contributed by atoms with E-state index in [1.807, 2.05) is 6.07 Å². The van der Waals surface area contributed by atoms with Gasteiger partial charge in [0.05, 0.1) is 18.3 Å². The Kier molecular flexibility index (Phi) is 4.94. The normalized spacial score (nSPS) is 17.8. The quantitative estimate of drug-likeness (QED) is 0.564. The second-order valence-electron chi connectivity index (χ2n) is 8.14. The van der Waals surface area contributed by atoms with E-state index in [0.717, 1.165) is 16.1 Å². The Bertz CT molecular complexity index is 1000. The van der Waals surface area contributed by atoms with Gasteiger partial charge in [-0.05, 0) is 74.3 Å². The third-order valence-electron chi connectivity index (χ3n) is 5.62. The highest BCUT2D eigenvalue weighted by atomic mass is 32.2. The first-order valence-corrected chi connectivity index (χ1v) is 10.3. The lowest BCUT2D eigenvalue weighted by Crippen LogP contribution is -2.41. The van der Waals surface area contributed by atoms with E-state index in [1.165, 1.54) is 15.7 Å². The number of fused-ring (bicyclic) bond motifs is 1. The predicted octanol–water partition coefficient (Wildman–Crippen LogP) is 5.30. The summed E-state index contributed by atoms with van der Waals surface area (Å²) < 4.78 is 18.0. The van der Waals surface area contributed by atoms with Crippen LogP contribution < -0.4 is 10.2 Å². The largest absolute Gasteiger partial charge is 0.497 e. The van der Waals surface area contributed by atoms with Gasteiger partial charge in [0.15, 0.2) is 0 Å². The van der Waals surface area contributed by atoms with Crippen LogP contribution in [0.25, 0.3) is 10.8 Å². The monoisotopic (exact) mass is 392 g/mol. The molecular formula is C23H25BO3S. The Balaban J connectivity index is 1.65. The van der Waals surface area contributed by atoms with E-state index >= 15 is 0 Å². The van der Waals surface area contributed by atoms with Crippen LogP contribution in [0.3, 0.4) is 0 Å². The van der Waals surface area contributed by atoms with Crippen LogP contribution in [-0.2, 0) is 9.31 Å². The van der Waals surface area contributed by atoms with Gasteiger partial charge in [-0.3, -0.25) is 0 Å². The van der Waals surface area contributed by atoms with Crippen molar-refractivity contribution in [3.05, 3.63) is 60.7 Å². The van der Waals surface area contributed by atoms with Gasteiger partial charge in [0.2, 0.25) is 0 Å². The molecule has 0 radical (unpaired) electrons. The summed E-state index contributed by atoms with van der Waals surface area (Å²) in [4.78, 5) is 2.28. The first kappa shape index (κ1) is 19.4. The van der Waals surface area contributed by atoms with Crippen molar-refractivity contribution in [2.24, 2.45) is 0 Å². The number of rotatable bonds is 4. The Morgan fingerprint density at radius 1 is 0.786 bits per heavy atom. The maximum atomic E-state index is 6.23. The highest BCUT2D eigenvalue weighted by Crippen LogP contribution is 2.37. The van der Waals surface area contributed by atoms with Crippen molar-refractivity contribution in [2.75, 3.05) is 7.11 Å². The van der Waals surface area contributed by atoms with Crippen molar-refractivity contribution < 1.29 is 14.0 Å². The number of hydrogen-bond donors (Lipinski definition) is 0. The van der Waals surface area contributed by atoms with Gasteiger partial charge in [-0.2, -0.15) is 0 Å². The van der Waals surface area contributed by atoms with Gasteiger partial charge in [-0.1, -0.05) is 42.1 Å². The molecule has 0 spiro atoms. The second kappa shape index (κ2) is 7.14. The van der Waals surface area contributed by atoms with Crippen LogP contribution in [0.4, 0.5) is 0 Å². The molecular weight excluding hydrogens is 367 g/mol. The lowest BCUT2D eigenvalue weighted by atomic mass is 9.79. The molecule has 5 heteroatoms. The van der Waals surface area contributed by atoms with E-state index in [4.69, 9.17) is 14.0 Å². The van der Waals surface area contributed by atoms with Crippen molar-refractivity contribution in [3.63, 3.8) is 0 Å². The first-order chi connectivity index (χ1) is 13.3. The summed E-state index contributed by atoms with van der Waals surface area (Å²) >= 11 is 1.71. The van der Waals surface area contributed by atoms with Crippen LogP contribution in [0.5, 0.6) is 5.75 Å². The fraction of sp³-hybridized carbons (Fsp3) is 0.304. The summed E-state index contributed by atoms with van der Waals surface area (Å²) in [5, 5.41) is 2.48. The van der Waals surface area contributed by atoms with Crippen LogP contribution in [-0.4, -0.2) is 25.4 Å². The predicted molar refractivity (Wildman–Crippen MR) is 117 cm³/mol. The Hall–Kier alpha value is -1.95. The summed E-state index contributed by atoms with van der Waals surface area (Å²) in [7, 11) is 1.28. The zero-order valence-electron chi connectivity index (χ0n) is 17.0. The van der Waals surface area contributed by atoms with Crippen LogP contribution in [0.15, 0.2) is 70.5 Å². The lowest BCUT2D eigenvalue weighted by Gasteiger charge is -2.32. The Labute approximate surface area is 171 Å². The van der Waals surface area contributed by atoms with Crippen molar-refractivity contribution in [1.82, 2.24) is 0 Å². The number of benzene rings is 3. The van der Waals surface area contributed by atoms with Crippen molar-refractivity contribution in [1.29, 1.82) is 0 Å². The van der Waals surface area contributed by atoms with Crippen LogP contribution in [0.1, 0.15) is 27.7 Å². The summed E-state index contributed by atoms with van der Waals surface area (Å²) in [6, 6.07) is 21.1. The Morgan fingerprint density at radius 2 is 1.46 bits per heavy atom. The van der Waals surface area contributed by atoms with E-state index in [1.54, 1.807) is 18.9 Å². The van der Waals surface area contributed by atoms with Crippen molar-refractivity contribution in [2.45, 2.75) is 48.7 Å². The molecule has 1 saturated heterocycles. The molecule has 1 aliphatic rings. The molecule has 0 aromatic heterocycles. The average Bonchev–Trinajstić information content (AvgIpc) is 2.89. The smallest absolute Gasteiger partial charge is 0.495 e. The van der Waals surface area contributed by atoms with Crippen LogP contribution in [0, 0.1) is 0 Å². The molecule has 0 N–H and O–H groups in total. The second-order valence-corrected chi connectivity index (χ2v) is 9.29. The fourth-order valence-corrected chi connectivity index (χ4v) is 4.22.